The molecule has 1 heterocycles. The summed E-state index contributed by atoms with van der Waals surface area (Å²) in [6.07, 6.45) is 0.869. The highest BCUT2D eigenvalue weighted by Gasteiger charge is 2.14. The molecule has 0 spiro atoms. The molecular weight excluding hydrogens is 278 g/mol. The number of hydrogen-bond donors (Lipinski definition) is 1. The highest BCUT2D eigenvalue weighted by atomic mass is 35.5. The number of likely N-dealkylation sites (N-methyl/N-ethyl adjacent to an activating group) is 1. The second-order valence-corrected chi connectivity index (χ2v) is 5.54. The number of ether oxygens (including phenoxy) is 1. The maximum absolute atomic E-state index is 6.09. The Hall–Kier alpha value is -1.03. The van der Waals surface area contributed by atoms with Crippen LogP contribution in [0.1, 0.15) is 24.1 Å². The third-order valence-corrected chi connectivity index (χ3v) is 4.00. The zero-order chi connectivity index (χ0) is 13.7. The van der Waals surface area contributed by atoms with Crippen molar-refractivity contribution < 1.29 is 4.74 Å². The summed E-state index contributed by atoms with van der Waals surface area (Å²) < 4.78 is 5.41. The number of hydrogen-bond acceptors (Lipinski definition) is 3. The standard InChI is InChI=1S/C15H18ClNOS/c1-3-17-14(11-6-7-19-10-11)9-12-8-13(16)4-5-15(12)18-2/h4-8,10,14,17H,3,9H2,1-2H3. The Balaban J connectivity index is 2.24. The Morgan fingerprint density at radius 3 is 2.84 bits per heavy atom. The fraction of sp³-hybridized carbons (Fsp3) is 0.333. The Bertz CT molecular complexity index is 513. The minimum atomic E-state index is 0.295. The van der Waals surface area contributed by atoms with Gasteiger partial charge in [-0.05, 0) is 59.1 Å². The van der Waals surface area contributed by atoms with Crippen molar-refractivity contribution in [3.8, 4) is 5.75 Å². The summed E-state index contributed by atoms with van der Waals surface area (Å²) in [6, 6.07) is 8.22. The van der Waals surface area contributed by atoms with E-state index in [0.717, 1.165) is 29.3 Å². The third kappa shape index (κ3) is 3.72. The molecule has 1 N–H and O–H groups in total. The molecule has 0 bridgehead atoms. The quantitative estimate of drug-likeness (QED) is 0.858. The SMILES string of the molecule is CCNC(Cc1cc(Cl)ccc1OC)c1ccsc1. The predicted molar refractivity (Wildman–Crippen MR) is 82.4 cm³/mol. The topological polar surface area (TPSA) is 21.3 Å². The minimum absolute atomic E-state index is 0.295. The molecule has 102 valence electrons. The van der Waals surface area contributed by atoms with Crippen molar-refractivity contribution in [1.82, 2.24) is 5.32 Å². The van der Waals surface area contributed by atoms with Gasteiger partial charge in [0.25, 0.3) is 0 Å². The van der Waals surface area contributed by atoms with Gasteiger partial charge in [-0.2, -0.15) is 11.3 Å². The molecule has 2 aromatic rings. The average molecular weight is 296 g/mol. The molecule has 1 unspecified atom stereocenters. The summed E-state index contributed by atoms with van der Waals surface area (Å²) in [7, 11) is 1.69. The Morgan fingerprint density at radius 1 is 1.37 bits per heavy atom. The lowest BCUT2D eigenvalue weighted by molar-refractivity contribution is 0.405. The minimum Gasteiger partial charge on any atom is -0.496 e. The van der Waals surface area contributed by atoms with Gasteiger partial charge in [-0.1, -0.05) is 18.5 Å². The van der Waals surface area contributed by atoms with Gasteiger partial charge in [-0.3, -0.25) is 0 Å². The predicted octanol–water partition coefficient (Wildman–Crippen LogP) is 4.30. The first-order chi connectivity index (χ1) is 9.24. The molecule has 2 rings (SSSR count). The van der Waals surface area contributed by atoms with Crippen LogP contribution in [-0.4, -0.2) is 13.7 Å². The van der Waals surface area contributed by atoms with E-state index < -0.39 is 0 Å². The van der Waals surface area contributed by atoms with Crippen molar-refractivity contribution >= 4 is 22.9 Å². The average Bonchev–Trinajstić information content (AvgIpc) is 2.92. The fourth-order valence-electron chi connectivity index (χ4n) is 2.15. The highest BCUT2D eigenvalue weighted by Crippen LogP contribution is 2.28. The van der Waals surface area contributed by atoms with Crippen molar-refractivity contribution in [2.24, 2.45) is 0 Å². The van der Waals surface area contributed by atoms with Crippen LogP contribution in [0.15, 0.2) is 35.0 Å². The van der Waals surface area contributed by atoms with E-state index >= 15 is 0 Å². The van der Waals surface area contributed by atoms with Gasteiger partial charge < -0.3 is 10.1 Å². The Morgan fingerprint density at radius 2 is 2.21 bits per heavy atom. The van der Waals surface area contributed by atoms with Crippen LogP contribution in [0.4, 0.5) is 0 Å². The van der Waals surface area contributed by atoms with Crippen LogP contribution >= 0.6 is 22.9 Å². The summed E-state index contributed by atoms with van der Waals surface area (Å²) >= 11 is 7.81. The largest absolute Gasteiger partial charge is 0.496 e. The van der Waals surface area contributed by atoms with Crippen molar-refractivity contribution in [3.05, 3.63) is 51.2 Å². The van der Waals surface area contributed by atoms with E-state index in [2.05, 4.69) is 29.1 Å². The van der Waals surface area contributed by atoms with Gasteiger partial charge in [-0.25, -0.2) is 0 Å². The van der Waals surface area contributed by atoms with Crippen molar-refractivity contribution in [3.63, 3.8) is 0 Å². The molecular formula is C15H18ClNOS. The van der Waals surface area contributed by atoms with Gasteiger partial charge in [0.2, 0.25) is 0 Å². The zero-order valence-electron chi connectivity index (χ0n) is 11.2. The molecule has 0 aliphatic heterocycles. The first kappa shape index (κ1) is 14.4. The van der Waals surface area contributed by atoms with Gasteiger partial charge in [0.15, 0.2) is 0 Å². The van der Waals surface area contributed by atoms with Crippen molar-refractivity contribution in [2.45, 2.75) is 19.4 Å². The Labute approximate surface area is 123 Å². The molecule has 19 heavy (non-hydrogen) atoms. The van der Waals surface area contributed by atoms with Crippen LogP contribution < -0.4 is 10.1 Å². The lowest BCUT2D eigenvalue weighted by Gasteiger charge is -2.18. The maximum Gasteiger partial charge on any atom is 0.122 e. The van der Waals surface area contributed by atoms with E-state index in [9.17, 15) is 0 Å². The lowest BCUT2D eigenvalue weighted by atomic mass is 10.0. The second kappa shape index (κ2) is 6.94. The molecule has 0 saturated carbocycles. The molecule has 1 aromatic heterocycles. The molecule has 0 radical (unpaired) electrons. The van der Waals surface area contributed by atoms with E-state index in [1.165, 1.54) is 5.56 Å². The highest BCUT2D eigenvalue weighted by molar-refractivity contribution is 7.07. The maximum atomic E-state index is 6.09. The monoisotopic (exact) mass is 295 g/mol. The normalized spacial score (nSPS) is 12.4. The van der Waals surface area contributed by atoms with E-state index in [0.29, 0.717) is 6.04 Å². The van der Waals surface area contributed by atoms with Gasteiger partial charge in [0, 0.05) is 11.1 Å². The summed E-state index contributed by atoms with van der Waals surface area (Å²) in [6.45, 7) is 3.05. The van der Waals surface area contributed by atoms with Gasteiger partial charge in [-0.15, -0.1) is 0 Å². The smallest absolute Gasteiger partial charge is 0.122 e. The summed E-state index contributed by atoms with van der Waals surface area (Å²) in [5.41, 5.74) is 2.45. The van der Waals surface area contributed by atoms with E-state index in [1.807, 2.05) is 18.2 Å². The van der Waals surface area contributed by atoms with Crippen LogP contribution in [0, 0.1) is 0 Å². The number of halogens is 1. The van der Waals surface area contributed by atoms with Crippen LogP contribution in [0.5, 0.6) is 5.75 Å². The molecule has 1 aromatic carbocycles. The summed E-state index contributed by atoms with van der Waals surface area (Å²) in [5, 5.41) is 8.55. The Kier molecular flexibility index (Phi) is 5.25. The van der Waals surface area contributed by atoms with E-state index in [-0.39, 0.29) is 0 Å². The first-order valence-electron chi connectivity index (χ1n) is 6.32. The van der Waals surface area contributed by atoms with Gasteiger partial charge in [0.1, 0.15) is 5.75 Å². The molecule has 4 heteroatoms. The fourth-order valence-corrected chi connectivity index (χ4v) is 3.06. The van der Waals surface area contributed by atoms with E-state index in [4.69, 9.17) is 16.3 Å². The molecule has 0 fully saturated rings. The number of methoxy groups -OCH3 is 1. The molecule has 0 aliphatic rings. The lowest BCUT2D eigenvalue weighted by Crippen LogP contribution is -2.22. The molecule has 1 atom stereocenters. The van der Waals surface area contributed by atoms with Crippen LogP contribution in [-0.2, 0) is 6.42 Å². The number of rotatable bonds is 6. The number of benzene rings is 1. The van der Waals surface area contributed by atoms with Gasteiger partial charge in [0.05, 0.1) is 7.11 Å². The summed E-state index contributed by atoms with van der Waals surface area (Å²) in [5.74, 6) is 0.891. The second-order valence-electron chi connectivity index (χ2n) is 4.33. The van der Waals surface area contributed by atoms with Crippen LogP contribution in [0.3, 0.4) is 0 Å². The van der Waals surface area contributed by atoms with Crippen LogP contribution in [0.2, 0.25) is 5.02 Å². The van der Waals surface area contributed by atoms with Crippen LogP contribution in [0.25, 0.3) is 0 Å². The van der Waals surface area contributed by atoms with E-state index in [1.54, 1.807) is 18.4 Å². The van der Waals surface area contributed by atoms with Crippen molar-refractivity contribution in [2.75, 3.05) is 13.7 Å². The first-order valence-corrected chi connectivity index (χ1v) is 7.64. The van der Waals surface area contributed by atoms with Crippen molar-refractivity contribution in [1.29, 1.82) is 0 Å². The summed E-state index contributed by atoms with van der Waals surface area (Å²) in [4.78, 5) is 0. The number of thiophene rings is 1. The van der Waals surface area contributed by atoms with Gasteiger partial charge >= 0.3 is 0 Å². The molecule has 0 aliphatic carbocycles. The molecule has 0 amide bonds. The molecule has 2 nitrogen and oxygen atoms in total. The number of nitrogens with one attached hydrogen (secondary N) is 1. The molecule has 0 saturated heterocycles. The third-order valence-electron chi connectivity index (χ3n) is 3.06. The zero-order valence-corrected chi connectivity index (χ0v) is 12.7.